The van der Waals surface area contributed by atoms with Crippen LogP contribution < -0.4 is 4.72 Å². The number of aromatic nitrogens is 1. The molecular weight excluding hydrogens is 343 g/mol. The first-order valence-electron chi connectivity index (χ1n) is 5.43. The number of nitrogens with zero attached hydrogens (tertiary/aromatic N) is 1. The molecule has 21 heavy (non-hydrogen) atoms. The fraction of sp³-hybridized carbons (Fsp3) is 0.0909. The van der Waals surface area contributed by atoms with Crippen LogP contribution in [0.3, 0.4) is 0 Å². The van der Waals surface area contributed by atoms with Crippen molar-refractivity contribution < 1.29 is 22.8 Å². The molecule has 0 aliphatic heterocycles. The van der Waals surface area contributed by atoms with Gasteiger partial charge in [0, 0.05) is 6.07 Å². The number of carbonyl (C=O) groups is 1. The minimum absolute atomic E-state index is 0.125. The minimum atomic E-state index is -4.03. The summed E-state index contributed by atoms with van der Waals surface area (Å²) in [5.74, 6) is -1.42. The Bertz CT molecular complexity index is 774. The van der Waals surface area contributed by atoms with Crippen LogP contribution in [0, 0.1) is 0 Å². The van der Waals surface area contributed by atoms with E-state index in [0.29, 0.717) is 5.69 Å². The number of carboxylic acids is 1. The van der Waals surface area contributed by atoms with E-state index in [0.717, 1.165) is 12.1 Å². The second-order valence-electron chi connectivity index (χ2n) is 3.85. The second-order valence-corrected chi connectivity index (χ2v) is 6.38. The van der Waals surface area contributed by atoms with E-state index in [4.69, 9.17) is 28.3 Å². The van der Waals surface area contributed by atoms with Crippen molar-refractivity contribution in [2.24, 2.45) is 0 Å². The van der Waals surface area contributed by atoms with Gasteiger partial charge in [0.05, 0.1) is 27.8 Å². The highest BCUT2D eigenvalue weighted by atomic mass is 35.5. The van der Waals surface area contributed by atoms with Crippen molar-refractivity contribution in [2.75, 3.05) is 0 Å². The van der Waals surface area contributed by atoms with Crippen molar-refractivity contribution in [1.82, 2.24) is 9.88 Å². The first kappa shape index (κ1) is 15.8. The largest absolute Gasteiger partial charge is 0.478 e. The molecule has 0 saturated heterocycles. The number of nitrogens with one attached hydrogen (secondary N) is 1. The van der Waals surface area contributed by atoms with Gasteiger partial charge in [-0.25, -0.2) is 17.9 Å². The van der Waals surface area contributed by atoms with Crippen LogP contribution in [0.15, 0.2) is 33.9 Å². The minimum Gasteiger partial charge on any atom is -0.478 e. The van der Waals surface area contributed by atoms with Crippen LogP contribution in [0.5, 0.6) is 0 Å². The molecule has 112 valence electrons. The Labute approximate surface area is 129 Å². The monoisotopic (exact) mass is 350 g/mol. The van der Waals surface area contributed by atoms with Crippen molar-refractivity contribution in [3.05, 3.63) is 45.8 Å². The molecule has 0 amide bonds. The van der Waals surface area contributed by atoms with Crippen LogP contribution in [0.2, 0.25) is 10.0 Å². The molecule has 7 nitrogen and oxygen atoms in total. The molecule has 1 aromatic heterocycles. The van der Waals surface area contributed by atoms with Gasteiger partial charge in [0.25, 0.3) is 0 Å². The van der Waals surface area contributed by atoms with E-state index < -0.39 is 26.6 Å². The fourth-order valence-corrected chi connectivity index (χ4v) is 3.43. The summed E-state index contributed by atoms with van der Waals surface area (Å²) in [5.41, 5.74) is -0.107. The summed E-state index contributed by atoms with van der Waals surface area (Å²) in [6, 6.07) is 3.76. The average Bonchev–Trinajstić information content (AvgIpc) is 2.88. The molecule has 2 aromatic rings. The van der Waals surface area contributed by atoms with E-state index in [1.807, 2.05) is 0 Å². The van der Waals surface area contributed by atoms with E-state index >= 15 is 0 Å². The molecule has 2 N–H and O–H groups in total. The Balaban J connectivity index is 2.36. The third-order valence-electron chi connectivity index (χ3n) is 2.49. The number of halogens is 2. The van der Waals surface area contributed by atoms with E-state index in [-0.39, 0.29) is 16.5 Å². The predicted molar refractivity (Wildman–Crippen MR) is 73.9 cm³/mol. The van der Waals surface area contributed by atoms with Gasteiger partial charge in [-0.3, -0.25) is 0 Å². The molecule has 0 radical (unpaired) electrons. The Morgan fingerprint density at radius 3 is 2.62 bits per heavy atom. The van der Waals surface area contributed by atoms with Gasteiger partial charge in [0.2, 0.25) is 10.0 Å². The summed E-state index contributed by atoms with van der Waals surface area (Å²) in [4.78, 5) is 10.7. The van der Waals surface area contributed by atoms with Crippen molar-refractivity contribution in [3.63, 3.8) is 0 Å². The number of benzene rings is 1. The zero-order chi connectivity index (χ0) is 15.6. The first-order valence-corrected chi connectivity index (χ1v) is 7.67. The number of sulfonamides is 1. The Hall–Kier alpha value is -1.61. The molecule has 0 saturated carbocycles. The first-order chi connectivity index (χ1) is 9.83. The van der Waals surface area contributed by atoms with Crippen LogP contribution in [0.1, 0.15) is 16.1 Å². The van der Waals surface area contributed by atoms with Gasteiger partial charge in [0.1, 0.15) is 11.2 Å². The van der Waals surface area contributed by atoms with Gasteiger partial charge in [-0.1, -0.05) is 28.4 Å². The quantitative estimate of drug-likeness (QED) is 0.854. The summed E-state index contributed by atoms with van der Waals surface area (Å²) < 4.78 is 31.1. The predicted octanol–water partition coefficient (Wildman–Crippen LogP) is 2.16. The van der Waals surface area contributed by atoms with Gasteiger partial charge in [-0.2, -0.15) is 0 Å². The molecule has 2 rings (SSSR count). The average molecular weight is 351 g/mol. The van der Waals surface area contributed by atoms with E-state index in [9.17, 15) is 13.2 Å². The highest BCUT2D eigenvalue weighted by Gasteiger charge is 2.24. The van der Waals surface area contributed by atoms with Crippen LogP contribution in [-0.2, 0) is 16.6 Å². The molecule has 1 heterocycles. The molecule has 0 aliphatic carbocycles. The van der Waals surface area contributed by atoms with Gasteiger partial charge in [0.15, 0.2) is 0 Å². The Morgan fingerprint density at radius 2 is 2.05 bits per heavy atom. The topological polar surface area (TPSA) is 110 Å². The summed E-state index contributed by atoms with van der Waals surface area (Å²) >= 11 is 11.5. The molecule has 0 spiro atoms. The smallest absolute Gasteiger partial charge is 0.338 e. The van der Waals surface area contributed by atoms with Crippen molar-refractivity contribution in [3.8, 4) is 0 Å². The van der Waals surface area contributed by atoms with Crippen molar-refractivity contribution in [1.29, 1.82) is 0 Å². The molecule has 10 heteroatoms. The number of hydrogen-bond acceptors (Lipinski definition) is 5. The number of hydrogen-bond donors (Lipinski definition) is 2. The van der Waals surface area contributed by atoms with E-state index in [1.165, 1.54) is 12.3 Å². The number of rotatable bonds is 5. The molecule has 0 bridgehead atoms. The molecule has 0 atom stereocenters. The van der Waals surface area contributed by atoms with Gasteiger partial charge < -0.3 is 9.63 Å². The van der Waals surface area contributed by atoms with Crippen LogP contribution in [0.25, 0.3) is 0 Å². The SMILES string of the molecule is O=C(O)c1c(Cl)ccc(S(=O)(=O)NCc2ccon2)c1Cl. The normalized spacial score (nSPS) is 11.5. The van der Waals surface area contributed by atoms with Gasteiger partial charge >= 0.3 is 5.97 Å². The van der Waals surface area contributed by atoms with Crippen molar-refractivity contribution >= 4 is 39.2 Å². The van der Waals surface area contributed by atoms with E-state index in [2.05, 4.69) is 14.4 Å². The number of carboxylic acid groups (broad SMARTS) is 1. The number of aromatic carboxylic acids is 1. The molecule has 0 fully saturated rings. The van der Waals surface area contributed by atoms with Gasteiger partial charge in [-0.15, -0.1) is 0 Å². The van der Waals surface area contributed by atoms with Crippen molar-refractivity contribution in [2.45, 2.75) is 11.4 Å². The van der Waals surface area contributed by atoms with Gasteiger partial charge in [-0.05, 0) is 12.1 Å². The lowest BCUT2D eigenvalue weighted by molar-refractivity contribution is 0.0697. The molecule has 0 unspecified atom stereocenters. The molecule has 1 aromatic carbocycles. The lowest BCUT2D eigenvalue weighted by Gasteiger charge is -2.10. The highest BCUT2D eigenvalue weighted by molar-refractivity contribution is 7.89. The summed E-state index contributed by atoms with van der Waals surface area (Å²) in [6.07, 6.45) is 1.29. The zero-order valence-electron chi connectivity index (χ0n) is 10.2. The zero-order valence-corrected chi connectivity index (χ0v) is 12.5. The standard InChI is InChI=1S/C11H8Cl2N2O5S/c12-7-1-2-8(10(13)9(7)11(16)17)21(18,19)14-5-6-3-4-20-15-6/h1-4,14H,5H2,(H,16,17). The third-order valence-corrected chi connectivity index (χ3v) is 4.76. The molecule has 0 aliphatic rings. The summed E-state index contributed by atoms with van der Waals surface area (Å²) in [7, 11) is -4.03. The lowest BCUT2D eigenvalue weighted by atomic mass is 10.2. The second kappa shape index (κ2) is 6.02. The maximum absolute atomic E-state index is 12.1. The maximum atomic E-state index is 12.1. The summed E-state index contributed by atoms with van der Waals surface area (Å²) in [5, 5.41) is 11.9. The third kappa shape index (κ3) is 3.35. The Kier molecular flexibility index (Phi) is 4.52. The highest BCUT2D eigenvalue weighted by Crippen LogP contribution is 2.31. The summed E-state index contributed by atoms with van der Waals surface area (Å²) in [6.45, 7) is -0.125. The fourth-order valence-electron chi connectivity index (χ4n) is 1.51. The van der Waals surface area contributed by atoms with Crippen LogP contribution in [-0.4, -0.2) is 24.7 Å². The lowest BCUT2D eigenvalue weighted by Crippen LogP contribution is -2.24. The van der Waals surface area contributed by atoms with Crippen LogP contribution >= 0.6 is 23.2 Å². The van der Waals surface area contributed by atoms with Crippen LogP contribution in [0.4, 0.5) is 0 Å². The van der Waals surface area contributed by atoms with E-state index in [1.54, 1.807) is 0 Å². The molecular formula is C11H8Cl2N2O5S. The Morgan fingerprint density at radius 1 is 1.33 bits per heavy atom. The maximum Gasteiger partial charge on any atom is 0.338 e.